The van der Waals surface area contributed by atoms with E-state index >= 15 is 0 Å². The minimum absolute atomic E-state index is 0.276. The van der Waals surface area contributed by atoms with Gasteiger partial charge in [0.15, 0.2) is 0 Å². The van der Waals surface area contributed by atoms with Crippen LogP contribution in [0, 0.1) is 0 Å². The van der Waals surface area contributed by atoms with Crippen molar-refractivity contribution in [2.24, 2.45) is 0 Å². The lowest BCUT2D eigenvalue weighted by Gasteiger charge is -2.34. The van der Waals surface area contributed by atoms with Gasteiger partial charge in [-0.3, -0.25) is 9.80 Å². The van der Waals surface area contributed by atoms with Gasteiger partial charge in [-0.1, -0.05) is 23.8 Å². The molecule has 28 heavy (non-hydrogen) atoms. The van der Waals surface area contributed by atoms with Gasteiger partial charge >= 0.3 is 0 Å². The van der Waals surface area contributed by atoms with Gasteiger partial charge in [-0.25, -0.2) is 0 Å². The zero-order chi connectivity index (χ0) is 19.2. The Bertz CT molecular complexity index is 769. The van der Waals surface area contributed by atoms with E-state index in [1.54, 1.807) is 11.1 Å². The predicted molar refractivity (Wildman–Crippen MR) is 119 cm³/mol. The highest BCUT2D eigenvalue weighted by molar-refractivity contribution is 7.17. The first-order valence-electron chi connectivity index (χ1n) is 10.8. The molecule has 2 heterocycles. The number of aliphatic hydroxyl groups excluding tert-OH is 1. The quantitative estimate of drug-likeness (QED) is 0.697. The molecule has 2 aliphatic rings. The van der Waals surface area contributed by atoms with Gasteiger partial charge in [0.05, 0.1) is 6.61 Å². The van der Waals surface area contributed by atoms with Crippen molar-refractivity contribution >= 4 is 21.4 Å². The lowest BCUT2D eigenvalue weighted by Crippen LogP contribution is -2.48. The maximum Gasteiger partial charge on any atom is 0.0558 e. The van der Waals surface area contributed by atoms with Crippen LogP contribution in [0.4, 0.5) is 0 Å². The molecular formula is C23H33N3OS. The number of piperazine rings is 1. The Balaban J connectivity index is 1.18. The van der Waals surface area contributed by atoms with Crippen LogP contribution in [0.2, 0.25) is 0 Å². The number of allylic oxidation sites excluding steroid dienone is 1. The first kappa shape index (κ1) is 19.9. The molecule has 1 aromatic heterocycles. The summed E-state index contributed by atoms with van der Waals surface area (Å²) in [6.07, 6.45) is 7.30. The third-order valence-corrected chi connectivity index (χ3v) is 7.32. The van der Waals surface area contributed by atoms with Crippen molar-refractivity contribution < 1.29 is 5.11 Å². The number of benzene rings is 1. The number of hydrogen-bond donors (Lipinski definition) is 2. The van der Waals surface area contributed by atoms with Crippen LogP contribution in [0.25, 0.3) is 10.1 Å². The van der Waals surface area contributed by atoms with E-state index in [9.17, 15) is 0 Å². The first-order chi connectivity index (χ1) is 13.8. The molecule has 152 valence electrons. The molecule has 1 aliphatic heterocycles. The van der Waals surface area contributed by atoms with Crippen molar-refractivity contribution in [1.29, 1.82) is 0 Å². The van der Waals surface area contributed by atoms with E-state index in [-0.39, 0.29) is 6.61 Å². The van der Waals surface area contributed by atoms with Crippen molar-refractivity contribution in [2.75, 3.05) is 52.4 Å². The Morgan fingerprint density at radius 1 is 1.04 bits per heavy atom. The minimum atomic E-state index is 0.276. The molecular weight excluding hydrogens is 366 g/mol. The summed E-state index contributed by atoms with van der Waals surface area (Å²) in [5, 5.41) is 16.5. The summed E-state index contributed by atoms with van der Waals surface area (Å²) in [4.78, 5) is 4.87. The maximum absolute atomic E-state index is 9.03. The second kappa shape index (κ2) is 9.88. The molecule has 1 saturated carbocycles. The maximum atomic E-state index is 9.03. The molecule has 2 N–H and O–H groups in total. The topological polar surface area (TPSA) is 38.7 Å². The fraction of sp³-hybridized carbons (Fsp3) is 0.565. The molecule has 4 nitrogen and oxygen atoms in total. The second-order valence-corrected chi connectivity index (χ2v) is 9.04. The molecule has 0 bridgehead atoms. The molecule has 0 radical (unpaired) electrons. The molecule has 0 spiro atoms. The van der Waals surface area contributed by atoms with Gasteiger partial charge in [-0.05, 0) is 60.2 Å². The standard InChI is InChI=1S/C23H33N3OS/c27-16-15-26-13-11-25(12-14-26)10-9-24-17-19-5-7-20(8-6-19)22-18-28-23-4-2-1-3-21(22)23/h1-4,17-18,20,24,27H,5-16H2. The Hall–Kier alpha value is -1.40. The van der Waals surface area contributed by atoms with Gasteiger partial charge in [0, 0.05) is 50.5 Å². The van der Waals surface area contributed by atoms with E-state index in [1.807, 2.05) is 11.3 Å². The summed E-state index contributed by atoms with van der Waals surface area (Å²) in [7, 11) is 0. The van der Waals surface area contributed by atoms with Crippen molar-refractivity contribution in [3.8, 4) is 0 Å². The van der Waals surface area contributed by atoms with E-state index in [4.69, 9.17) is 5.11 Å². The molecule has 4 rings (SSSR count). The average molecular weight is 400 g/mol. The van der Waals surface area contributed by atoms with Gasteiger partial charge < -0.3 is 10.4 Å². The van der Waals surface area contributed by atoms with Crippen molar-refractivity contribution in [3.63, 3.8) is 0 Å². The first-order valence-corrected chi connectivity index (χ1v) is 11.6. The van der Waals surface area contributed by atoms with Crippen LogP contribution in [0.3, 0.4) is 0 Å². The molecule has 5 heteroatoms. The summed E-state index contributed by atoms with van der Waals surface area (Å²) in [6.45, 7) is 7.64. The van der Waals surface area contributed by atoms with E-state index in [2.05, 4.69) is 51.0 Å². The number of fused-ring (bicyclic) bond motifs is 1. The number of nitrogens with zero attached hydrogens (tertiary/aromatic N) is 2. The minimum Gasteiger partial charge on any atom is -0.395 e. The predicted octanol–water partition coefficient (Wildman–Crippen LogP) is 3.64. The van der Waals surface area contributed by atoms with Crippen LogP contribution in [0.15, 0.2) is 41.4 Å². The molecule has 1 aromatic carbocycles. The fourth-order valence-corrected chi connectivity index (χ4v) is 5.62. The largest absolute Gasteiger partial charge is 0.395 e. The van der Waals surface area contributed by atoms with E-state index < -0.39 is 0 Å². The SMILES string of the molecule is OCCN1CCN(CCNC=C2CCC(c3csc4ccccc34)CC2)CC1. The smallest absolute Gasteiger partial charge is 0.0558 e. The van der Waals surface area contributed by atoms with Crippen molar-refractivity contribution in [1.82, 2.24) is 15.1 Å². The lowest BCUT2D eigenvalue weighted by molar-refractivity contribution is 0.114. The molecule has 2 fully saturated rings. The molecule has 1 aliphatic carbocycles. The number of rotatable bonds is 7. The molecule has 1 saturated heterocycles. The number of β-amino-alcohol motifs (C(OH)–C–C–N with tert-alkyl or cyclic N) is 1. The van der Waals surface area contributed by atoms with Gasteiger partial charge in [0.2, 0.25) is 0 Å². The number of thiophene rings is 1. The van der Waals surface area contributed by atoms with Crippen molar-refractivity contribution in [2.45, 2.75) is 31.6 Å². The number of nitrogens with one attached hydrogen (secondary N) is 1. The van der Waals surface area contributed by atoms with E-state index in [1.165, 1.54) is 35.8 Å². The summed E-state index contributed by atoms with van der Waals surface area (Å²) in [5.41, 5.74) is 3.16. The summed E-state index contributed by atoms with van der Waals surface area (Å²) in [6, 6.07) is 8.85. The van der Waals surface area contributed by atoms with Crippen LogP contribution in [-0.4, -0.2) is 67.3 Å². The highest BCUT2D eigenvalue weighted by atomic mass is 32.1. The normalized spacial score (nSPS) is 21.9. The van der Waals surface area contributed by atoms with Crippen LogP contribution >= 0.6 is 11.3 Å². The number of hydrogen-bond acceptors (Lipinski definition) is 5. The van der Waals surface area contributed by atoms with Crippen LogP contribution in [0.5, 0.6) is 0 Å². The zero-order valence-electron chi connectivity index (χ0n) is 16.8. The molecule has 0 atom stereocenters. The lowest BCUT2D eigenvalue weighted by atomic mass is 9.82. The second-order valence-electron chi connectivity index (χ2n) is 8.13. The van der Waals surface area contributed by atoms with Crippen LogP contribution < -0.4 is 5.32 Å². The molecule has 0 amide bonds. The van der Waals surface area contributed by atoms with Gasteiger partial charge in [0.1, 0.15) is 0 Å². The Kier molecular flexibility index (Phi) is 7.02. The summed E-state index contributed by atoms with van der Waals surface area (Å²) in [5.74, 6) is 0.725. The summed E-state index contributed by atoms with van der Waals surface area (Å²) >= 11 is 1.89. The monoisotopic (exact) mass is 399 g/mol. The van der Waals surface area contributed by atoms with Crippen LogP contribution in [-0.2, 0) is 0 Å². The third-order valence-electron chi connectivity index (χ3n) is 6.34. The third kappa shape index (κ3) is 4.95. The Morgan fingerprint density at radius 2 is 1.75 bits per heavy atom. The van der Waals surface area contributed by atoms with Crippen molar-refractivity contribution in [3.05, 3.63) is 47.0 Å². The van der Waals surface area contributed by atoms with Gasteiger partial charge in [-0.2, -0.15) is 0 Å². The highest BCUT2D eigenvalue weighted by Crippen LogP contribution is 2.40. The molecule has 0 unspecified atom stereocenters. The Labute approximate surface area is 172 Å². The van der Waals surface area contributed by atoms with E-state index in [0.29, 0.717) is 0 Å². The fourth-order valence-electron chi connectivity index (χ4n) is 4.58. The molecule has 2 aromatic rings. The van der Waals surface area contributed by atoms with Crippen LogP contribution in [0.1, 0.15) is 37.2 Å². The zero-order valence-corrected chi connectivity index (χ0v) is 17.6. The van der Waals surface area contributed by atoms with Gasteiger partial charge in [0.25, 0.3) is 0 Å². The number of aliphatic hydroxyl groups is 1. The Morgan fingerprint density at radius 3 is 2.50 bits per heavy atom. The van der Waals surface area contributed by atoms with E-state index in [0.717, 1.165) is 51.7 Å². The highest BCUT2D eigenvalue weighted by Gasteiger charge is 2.21. The van der Waals surface area contributed by atoms with Gasteiger partial charge in [-0.15, -0.1) is 11.3 Å². The summed E-state index contributed by atoms with van der Waals surface area (Å²) < 4.78 is 1.43. The average Bonchev–Trinajstić information content (AvgIpc) is 3.17.